The molecule has 0 fully saturated rings. The van der Waals surface area contributed by atoms with Gasteiger partial charge in [-0.15, -0.1) is 11.8 Å². The number of sulfonamides is 1. The molecule has 0 aliphatic heterocycles. The number of amides is 1. The molecule has 0 aromatic heterocycles. The number of nitro benzene ring substituents is 1. The number of nitrogens with zero attached hydrogens (tertiary/aromatic N) is 1. The Bertz CT molecular complexity index is 686. The van der Waals surface area contributed by atoms with Gasteiger partial charge in [0.1, 0.15) is 0 Å². The topological polar surface area (TPSA) is 106 Å². The van der Waals surface area contributed by atoms with Crippen LogP contribution >= 0.6 is 11.8 Å². The fraction of sp³-hybridized carbons (Fsp3) is 0.462. The van der Waals surface area contributed by atoms with Gasteiger partial charge in [0.05, 0.1) is 15.1 Å². The van der Waals surface area contributed by atoms with Crippen molar-refractivity contribution in [2.75, 3.05) is 0 Å². The average Bonchev–Trinajstić information content (AvgIpc) is 2.37. The van der Waals surface area contributed by atoms with Gasteiger partial charge in [0, 0.05) is 12.1 Å². The summed E-state index contributed by atoms with van der Waals surface area (Å²) in [7, 11) is -4.14. The highest BCUT2D eigenvalue weighted by Crippen LogP contribution is 2.22. The van der Waals surface area contributed by atoms with Crippen molar-refractivity contribution in [1.82, 2.24) is 4.72 Å². The van der Waals surface area contributed by atoms with Gasteiger partial charge >= 0.3 is 0 Å². The minimum atomic E-state index is -4.14. The van der Waals surface area contributed by atoms with Crippen molar-refractivity contribution in [3.05, 3.63) is 33.9 Å². The monoisotopic (exact) mass is 346 g/mol. The minimum Gasteiger partial charge on any atom is -0.273 e. The van der Waals surface area contributed by atoms with Crippen LogP contribution in [0.25, 0.3) is 0 Å². The van der Waals surface area contributed by atoms with Crippen molar-refractivity contribution in [2.45, 2.75) is 43.1 Å². The lowest BCUT2D eigenvalue weighted by atomic mass is 10.2. The van der Waals surface area contributed by atoms with Crippen LogP contribution in [0.15, 0.2) is 23.1 Å². The molecule has 122 valence electrons. The Morgan fingerprint density at radius 1 is 1.32 bits per heavy atom. The zero-order chi connectivity index (χ0) is 17.1. The van der Waals surface area contributed by atoms with Crippen LogP contribution in [0.1, 0.15) is 26.3 Å². The van der Waals surface area contributed by atoms with E-state index in [0.717, 1.165) is 6.07 Å². The lowest BCUT2D eigenvalue weighted by Gasteiger charge is -2.15. The Labute approximate surface area is 133 Å². The van der Waals surface area contributed by atoms with E-state index in [0.29, 0.717) is 5.56 Å². The predicted octanol–water partition coefficient (Wildman–Crippen LogP) is 2.24. The molecule has 7 nitrogen and oxygen atoms in total. The SMILES string of the molecule is Cc1ccc([N+](=O)[O-])cc1S(=O)(=O)NC(=O)[C@@H](C)SC(C)C. The zero-order valence-corrected chi connectivity index (χ0v) is 14.3. The lowest BCUT2D eigenvalue weighted by Crippen LogP contribution is -2.36. The summed E-state index contributed by atoms with van der Waals surface area (Å²) in [5.74, 6) is -0.649. The normalized spacial score (nSPS) is 13.0. The molecule has 0 aliphatic rings. The third-order valence-electron chi connectivity index (χ3n) is 2.75. The molecule has 0 radical (unpaired) electrons. The maximum Gasteiger partial charge on any atom is 0.270 e. The van der Waals surface area contributed by atoms with Crippen molar-refractivity contribution in [3.8, 4) is 0 Å². The van der Waals surface area contributed by atoms with Crippen molar-refractivity contribution < 1.29 is 18.1 Å². The van der Waals surface area contributed by atoms with Crippen molar-refractivity contribution in [2.24, 2.45) is 0 Å². The number of carbonyl (C=O) groups excluding carboxylic acids is 1. The summed E-state index contributed by atoms with van der Waals surface area (Å²) in [4.78, 5) is 21.8. The highest BCUT2D eigenvalue weighted by atomic mass is 32.2. The van der Waals surface area contributed by atoms with E-state index in [1.54, 1.807) is 6.92 Å². The second-order valence-corrected chi connectivity index (χ2v) is 8.58. The molecular weight excluding hydrogens is 328 g/mol. The molecule has 0 unspecified atom stereocenters. The molecule has 0 aliphatic carbocycles. The van der Waals surface area contributed by atoms with Gasteiger partial charge in [-0.1, -0.05) is 19.9 Å². The quantitative estimate of drug-likeness (QED) is 0.625. The Balaban J connectivity index is 3.07. The molecule has 0 spiro atoms. The average molecular weight is 346 g/mol. The maximum atomic E-state index is 12.3. The second kappa shape index (κ2) is 7.10. The summed E-state index contributed by atoms with van der Waals surface area (Å²) in [6, 6.07) is 3.50. The smallest absolute Gasteiger partial charge is 0.270 e. The number of rotatable bonds is 6. The number of thioether (sulfide) groups is 1. The van der Waals surface area contributed by atoms with Gasteiger partial charge in [-0.25, -0.2) is 13.1 Å². The third kappa shape index (κ3) is 4.70. The van der Waals surface area contributed by atoms with E-state index in [9.17, 15) is 23.3 Å². The van der Waals surface area contributed by atoms with E-state index in [4.69, 9.17) is 0 Å². The molecular formula is C13H18N2O5S2. The number of nitro groups is 1. The maximum absolute atomic E-state index is 12.3. The Morgan fingerprint density at radius 3 is 2.41 bits per heavy atom. The summed E-state index contributed by atoms with van der Waals surface area (Å²) < 4.78 is 26.5. The third-order valence-corrected chi connectivity index (χ3v) is 5.41. The summed E-state index contributed by atoms with van der Waals surface area (Å²) in [6.07, 6.45) is 0. The Hall–Kier alpha value is -1.61. The number of non-ortho nitro benzene ring substituents is 1. The Kier molecular flexibility index (Phi) is 5.95. The summed E-state index contributed by atoms with van der Waals surface area (Å²) in [5.41, 5.74) is -0.0157. The number of nitrogens with one attached hydrogen (secondary N) is 1. The van der Waals surface area contributed by atoms with Crippen LogP contribution in [-0.4, -0.2) is 29.7 Å². The fourth-order valence-corrected chi connectivity index (χ4v) is 4.13. The van der Waals surface area contributed by atoms with E-state index in [1.165, 1.54) is 30.8 Å². The van der Waals surface area contributed by atoms with Gasteiger partial charge in [0.25, 0.3) is 15.7 Å². The molecule has 0 heterocycles. The van der Waals surface area contributed by atoms with Gasteiger partial charge in [0.2, 0.25) is 5.91 Å². The van der Waals surface area contributed by atoms with Crippen molar-refractivity contribution in [3.63, 3.8) is 0 Å². The van der Waals surface area contributed by atoms with E-state index < -0.39 is 26.1 Å². The molecule has 22 heavy (non-hydrogen) atoms. The molecule has 1 amide bonds. The molecule has 1 rings (SSSR count). The van der Waals surface area contributed by atoms with E-state index >= 15 is 0 Å². The van der Waals surface area contributed by atoms with Crippen molar-refractivity contribution in [1.29, 1.82) is 0 Å². The molecule has 0 saturated carbocycles. The first-order valence-electron chi connectivity index (χ1n) is 6.51. The molecule has 0 bridgehead atoms. The van der Waals surface area contributed by atoms with Crippen LogP contribution in [-0.2, 0) is 14.8 Å². The number of benzene rings is 1. The van der Waals surface area contributed by atoms with Gasteiger partial charge in [-0.05, 0) is 24.7 Å². The second-order valence-electron chi connectivity index (χ2n) is 5.00. The largest absolute Gasteiger partial charge is 0.273 e. The number of hydrogen-bond acceptors (Lipinski definition) is 6. The first-order chi connectivity index (χ1) is 10.0. The van der Waals surface area contributed by atoms with Crippen LogP contribution < -0.4 is 4.72 Å². The molecule has 1 N–H and O–H groups in total. The highest BCUT2D eigenvalue weighted by Gasteiger charge is 2.25. The van der Waals surface area contributed by atoms with Crippen molar-refractivity contribution >= 4 is 33.4 Å². The number of hydrogen-bond donors (Lipinski definition) is 1. The van der Waals surface area contributed by atoms with E-state index in [2.05, 4.69) is 0 Å². The van der Waals surface area contributed by atoms with Gasteiger partial charge in [-0.3, -0.25) is 14.9 Å². The predicted molar refractivity (Wildman–Crippen MR) is 85.4 cm³/mol. The fourth-order valence-electron chi connectivity index (χ4n) is 1.73. The first-order valence-corrected chi connectivity index (χ1v) is 8.94. The Morgan fingerprint density at radius 2 is 1.91 bits per heavy atom. The van der Waals surface area contributed by atoms with Crippen LogP contribution in [0.3, 0.4) is 0 Å². The zero-order valence-electron chi connectivity index (χ0n) is 12.7. The molecule has 1 atom stereocenters. The van der Waals surface area contributed by atoms with Crippen LogP contribution in [0.4, 0.5) is 5.69 Å². The first kappa shape index (κ1) is 18.4. The van der Waals surface area contributed by atoms with Crippen LogP contribution in [0.2, 0.25) is 0 Å². The standard InChI is InChI=1S/C13H18N2O5S2/c1-8(2)21-10(4)13(16)14-22(19,20)12-7-11(15(17)18)6-5-9(12)3/h5-8,10H,1-4H3,(H,14,16)/t10-/m1/s1. The molecule has 1 aromatic carbocycles. The summed E-state index contributed by atoms with van der Waals surface area (Å²) in [5, 5.41) is 10.4. The van der Waals surface area contributed by atoms with Gasteiger partial charge in [-0.2, -0.15) is 0 Å². The highest BCUT2D eigenvalue weighted by molar-refractivity contribution is 8.01. The number of carbonyl (C=O) groups is 1. The number of aryl methyl sites for hydroxylation is 1. The lowest BCUT2D eigenvalue weighted by molar-refractivity contribution is -0.385. The minimum absolute atomic E-state index is 0.169. The van der Waals surface area contributed by atoms with Crippen LogP contribution in [0, 0.1) is 17.0 Å². The van der Waals surface area contributed by atoms with Gasteiger partial charge < -0.3 is 0 Å². The van der Waals surface area contributed by atoms with E-state index in [1.807, 2.05) is 18.6 Å². The molecule has 9 heteroatoms. The van der Waals surface area contributed by atoms with Crippen LogP contribution in [0.5, 0.6) is 0 Å². The molecule has 0 saturated heterocycles. The van der Waals surface area contributed by atoms with Gasteiger partial charge in [0.15, 0.2) is 0 Å². The summed E-state index contributed by atoms with van der Waals surface area (Å²) in [6.45, 7) is 6.91. The summed E-state index contributed by atoms with van der Waals surface area (Å²) >= 11 is 1.33. The molecule has 1 aromatic rings. The van der Waals surface area contributed by atoms with E-state index in [-0.39, 0.29) is 15.8 Å².